The minimum atomic E-state index is -0.173. The third-order valence-electron chi connectivity index (χ3n) is 3.17. The van der Waals surface area contributed by atoms with Crippen molar-refractivity contribution in [2.24, 2.45) is 7.05 Å². The second-order valence-corrected chi connectivity index (χ2v) is 5.15. The van der Waals surface area contributed by atoms with E-state index >= 15 is 0 Å². The fraction of sp³-hybridized carbons (Fsp3) is 0.357. The number of hydrogen-bond donors (Lipinski definition) is 0. The lowest BCUT2D eigenvalue weighted by molar-refractivity contribution is 0.605. The van der Waals surface area contributed by atoms with Crippen molar-refractivity contribution in [2.75, 3.05) is 11.9 Å². The Balaban J connectivity index is 2.30. The number of rotatable bonds is 4. The Bertz CT molecular complexity index is 580. The Labute approximate surface area is 121 Å². The lowest BCUT2D eigenvalue weighted by Crippen LogP contribution is -2.21. The Kier molecular flexibility index (Phi) is 4.24. The van der Waals surface area contributed by atoms with E-state index < -0.39 is 0 Å². The summed E-state index contributed by atoms with van der Waals surface area (Å²) < 4.78 is 15.5. The first-order chi connectivity index (χ1) is 9.04. The summed E-state index contributed by atoms with van der Waals surface area (Å²) in [6, 6.07) is 6.86. The Morgan fingerprint density at radius 3 is 2.68 bits per heavy atom. The van der Waals surface area contributed by atoms with Gasteiger partial charge in [0.05, 0.1) is 5.69 Å². The molecule has 1 aromatic carbocycles. The summed E-state index contributed by atoms with van der Waals surface area (Å²) in [6.07, 6.45) is 0. The summed E-state index contributed by atoms with van der Waals surface area (Å²) in [5.74, 6) is 0.839. The molecule has 1 aromatic heterocycles. The van der Waals surface area contributed by atoms with Gasteiger partial charge in [0.1, 0.15) is 11.6 Å². The number of nitrogens with zero attached hydrogens (tertiary/aromatic N) is 3. The molecule has 0 N–H and O–H groups in total. The topological polar surface area (TPSA) is 21.1 Å². The van der Waals surface area contributed by atoms with E-state index in [4.69, 9.17) is 0 Å². The van der Waals surface area contributed by atoms with Crippen molar-refractivity contribution in [1.29, 1.82) is 0 Å². The van der Waals surface area contributed by atoms with Crippen molar-refractivity contribution < 1.29 is 4.39 Å². The fourth-order valence-electron chi connectivity index (χ4n) is 2.28. The highest BCUT2D eigenvalue weighted by Crippen LogP contribution is 2.26. The van der Waals surface area contributed by atoms with Crippen molar-refractivity contribution >= 4 is 21.7 Å². The highest BCUT2D eigenvalue weighted by Gasteiger charge is 2.16. The first kappa shape index (κ1) is 14.1. The first-order valence-corrected chi connectivity index (χ1v) is 7.19. The number of benzene rings is 1. The van der Waals surface area contributed by atoms with Crippen molar-refractivity contribution in [3.05, 3.63) is 46.9 Å². The molecule has 0 saturated heterocycles. The van der Waals surface area contributed by atoms with Crippen LogP contribution in [-0.2, 0) is 18.9 Å². The lowest BCUT2D eigenvalue weighted by Gasteiger charge is -2.21. The average molecular weight is 326 g/mol. The number of hydrogen-bond acceptors (Lipinski definition) is 2. The van der Waals surface area contributed by atoms with Crippen LogP contribution in [0.25, 0.3) is 0 Å². The van der Waals surface area contributed by atoms with Gasteiger partial charge in [-0.15, -0.1) is 0 Å². The van der Waals surface area contributed by atoms with Gasteiger partial charge in [0.15, 0.2) is 0 Å². The third-order valence-corrected chi connectivity index (χ3v) is 3.73. The number of alkyl halides is 1. The summed E-state index contributed by atoms with van der Waals surface area (Å²) in [5, 5.41) is 5.16. The fourth-order valence-corrected chi connectivity index (χ4v) is 2.94. The van der Waals surface area contributed by atoms with Gasteiger partial charge in [0.25, 0.3) is 0 Å². The molecule has 0 radical (unpaired) electrons. The number of aromatic nitrogens is 2. The maximum absolute atomic E-state index is 13.7. The summed E-state index contributed by atoms with van der Waals surface area (Å²) in [4.78, 5) is 2.02. The zero-order valence-corrected chi connectivity index (χ0v) is 12.9. The van der Waals surface area contributed by atoms with Gasteiger partial charge in [-0.05, 0) is 13.0 Å². The summed E-state index contributed by atoms with van der Waals surface area (Å²) in [5.41, 5.74) is 2.82. The Morgan fingerprint density at radius 1 is 1.37 bits per heavy atom. The second kappa shape index (κ2) is 5.74. The second-order valence-electron chi connectivity index (χ2n) is 4.59. The van der Waals surface area contributed by atoms with Crippen molar-refractivity contribution in [3.63, 3.8) is 0 Å². The van der Waals surface area contributed by atoms with Crippen molar-refractivity contribution in [1.82, 2.24) is 9.78 Å². The highest BCUT2D eigenvalue weighted by atomic mass is 79.9. The average Bonchev–Trinajstić information content (AvgIpc) is 2.66. The third kappa shape index (κ3) is 2.81. The normalized spacial score (nSPS) is 10.8. The molecule has 0 bridgehead atoms. The molecule has 0 atom stereocenters. The molecule has 2 rings (SSSR count). The van der Waals surface area contributed by atoms with E-state index in [-0.39, 0.29) is 5.82 Å². The minimum absolute atomic E-state index is 0.173. The maximum atomic E-state index is 13.7. The molecule has 0 aliphatic heterocycles. The van der Waals surface area contributed by atoms with Gasteiger partial charge >= 0.3 is 0 Å². The Hall–Kier alpha value is -1.36. The largest absolute Gasteiger partial charge is 0.355 e. The van der Waals surface area contributed by atoms with Gasteiger partial charge in [-0.3, -0.25) is 4.68 Å². The predicted molar refractivity (Wildman–Crippen MR) is 79.1 cm³/mol. The molecule has 1 heterocycles. The summed E-state index contributed by atoms with van der Waals surface area (Å²) in [7, 11) is 3.86. The van der Waals surface area contributed by atoms with Crippen LogP contribution in [0, 0.1) is 12.7 Å². The van der Waals surface area contributed by atoms with Crippen LogP contribution in [0.15, 0.2) is 24.3 Å². The smallest absolute Gasteiger partial charge is 0.130 e. The van der Waals surface area contributed by atoms with Crippen LogP contribution in [0.4, 0.5) is 10.2 Å². The van der Waals surface area contributed by atoms with E-state index in [1.54, 1.807) is 6.07 Å². The van der Waals surface area contributed by atoms with E-state index in [0.717, 1.165) is 22.4 Å². The lowest BCUT2D eigenvalue weighted by atomic mass is 10.2. The molecule has 0 fully saturated rings. The van der Waals surface area contributed by atoms with Crippen molar-refractivity contribution in [3.8, 4) is 0 Å². The molecule has 0 saturated carbocycles. The molecule has 2 aromatic rings. The zero-order valence-electron chi connectivity index (χ0n) is 11.3. The maximum Gasteiger partial charge on any atom is 0.130 e. The van der Waals surface area contributed by atoms with Gasteiger partial charge in [-0.25, -0.2) is 4.39 Å². The molecular formula is C14H17BrFN3. The van der Waals surface area contributed by atoms with Crippen LogP contribution in [0.5, 0.6) is 0 Å². The van der Waals surface area contributed by atoms with Crippen LogP contribution < -0.4 is 4.90 Å². The Morgan fingerprint density at radius 2 is 2.05 bits per heavy atom. The van der Waals surface area contributed by atoms with Crippen LogP contribution in [0.3, 0.4) is 0 Å². The molecule has 0 amide bonds. The number of aryl methyl sites for hydroxylation is 2. The van der Waals surface area contributed by atoms with E-state index in [1.165, 1.54) is 6.07 Å². The molecule has 19 heavy (non-hydrogen) atoms. The molecule has 102 valence electrons. The van der Waals surface area contributed by atoms with Gasteiger partial charge < -0.3 is 4.90 Å². The minimum Gasteiger partial charge on any atom is -0.355 e. The summed E-state index contributed by atoms with van der Waals surface area (Å²) >= 11 is 3.49. The van der Waals surface area contributed by atoms with Crippen LogP contribution >= 0.6 is 15.9 Å². The van der Waals surface area contributed by atoms with E-state index in [0.29, 0.717) is 12.1 Å². The zero-order chi connectivity index (χ0) is 14.0. The standard InChI is InChI=1S/C14H17BrFN3/c1-10-12(8-15)14(19(3)17-10)18(2)9-11-6-4-5-7-13(11)16/h4-7H,8-9H2,1-3H3. The van der Waals surface area contributed by atoms with Gasteiger partial charge in [0.2, 0.25) is 0 Å². The summed E-state index contributed by atoms with van der Waals surface area (Å²) in [6.45, 7) is 2.50. The first-order valence-electron chi connectivity index (χ1n) is 6.07. The number of anilines is 1. The molecule has 5 heteroatoms. The number of halogens is 2. The van der Waals surface area contributed by atoms with Gasteiger partial charge in [-0.1, -0.05) is 34.1 Å². The van der Waals surface area contributed by atoms with E-state index in [9.17, 15) is 4.39 Å². The monoisotopic (exact) mass is 325 g/mol. The predicted octanol–water partition coefficient (Wildman–Crippen LogP) is 3.40. The molecular weight excluding hydrogens is 309 g/mol. The van der Waals surface area contributed by atoms with E-state index in [1.807, 2.05) is 42.7 Å². The van der Waals surface area contributed by atoms with Crippen molar-refractivity contribution in [2.45, 2.75) is 18.8 Å². The molecule has 3 nitrogen and oxygen atoms in total. The SMILES string of the molecule is Cc1nn(C)c(N(C)Cc2ccccc2F)c1CBr. The molecule has 0 spiro atoms. The van der Waals surface area contributed by atoms with Crippen LogP contribution in [-0.4, -0.2) is 16.8 Å². The molecule has 0 aliphatic rings. The van der Waals surface area contributed by atoms with Crippen LogP contribution in [0.2, 0.25) is 0 Å². The quantitative estimate of drug-likeness (QED) is 0.803. The van der Waals surface area contributed by atoms with E-state index in [2.05, 4.69) is 21.0 Å². The van der Waals surface area contributed by atoms with Gasteiger partial charge in [0, 0.05) is 37.1 Å². The highest BCUT2D eigenvalue weighted by molar-refractivity contribution is 9.08. The van der Waals surface area contributed by atoms with Crippen LogP contribution in [0.1, 0.15) is 16.8 Å². The molecule has 0 unspecified atom stereocenters. The molecule has 0 aliphatic carbocycles. The van der Waals surface area contributed by atoms with Gasteiger partial charge in [-0.2, -0.15) is 5.10 Å².